The summed E-state index contributed by atoms with van der Waals surface area (Å²) in [5, 5.41) is -1.43. The summed E-state index contributed by atoms with van der Waals surface area (Å²) in [6.45, 7) is 0. The number of benzene rings is 7. The largest absolute Gasteiger partial charge is 0.309 e. The van der Waals surface area contributed by atoms with E-state index < -0.39 is 108 Å². The van der Waals surface area contributed by atoms with Crippen LogP contribution in [0, 0.1) is 0 Å². The standard InChI is InChI=1S/C42H28N2/c1-3-11-29(12-4-1)30-19-23-34(24-20-30)44-40-18-10-8-16-36(40)38-28-32(22-26-42(38)44)31-21-25-41-37(27-31)35-15-7-9-17-39(35)43(41)33-13-5-2-6-14-33/h1-28H/i1D,2D,7D,8D,9D,10D,13D,14D,15D,16D,17D,18D,21D,22D,23D,24D,25D,26D,27D,28D. The summed E-state index contributed by atoms with van der Waals surface area (Å²) in [7, 11) is 0. The summed E-state index contributed by atoms with van der Waals surface area (Å²) in [5.74, 6) is 0. The molecule has 0 atom stereocenters. The second-order valence-corrected chi connectivity index (χ2v) is 9.83. The van der Waals surface area contributed by atoms with E-state index >= 15 is 0 Å². The normalized spacial score (nSPS) is 18.0. The van der Waals surface area contributed by atoms with Crippen LogP contribution < -0.4 is 0 Å². The van der Waals surface area contributed by atoms with Crippen LogP contribution in [0.5, 0.6) is 0 Å². The third kappa shape index (κ3) is 3.82. The SMILES string of the molecule is [2H]c1ccc(-c2cc([2H])c(-n3c4c([2H])c([2H])c([2H])c([2H])c4c4c([2H])c(-c5c([2H])c([2H])c6c(c5[2H])c5c([2H])c([2H])c([2H])c([2H])c5n6-c5c([2H])cc([2H])cc5[2H])c([2H])c([2H])c43)c([2H])c2)cc1. The van der Waals surface area contributed by atoms with Crippen molar-refractivity contribution in [3.05, 3.63) is 169 Å². The molecule has 0 saturated carbocycles. The molecule has 2 heteroatoms. The van der Waals surface area contributed by atoms with Gasteiger partial charge in [0.1, 0.15) is 0 Å². The number of fused-ring (bicyclic) bond motifs is 6. The smallest absolute Gasteiger partial charge is 0.0645 e. The first-order chi connectivity index (χ1) is 30.1. The molecule has 7 aromatic carbocycles. The second-order valence-electron chi connectivity index (χ2n) is 9.83. The summed E-state index contributed by atoms with van der Waals surface area (Å²) in [4.78, 5) is 0. The third-order valence-corrected chi connectivity index (χ3v) is 7.38. The molecular weight excluding hydrogens is 532 g/mol. The molecule has 0 radical (unpaired) electrons. The summed E-state index contributed by atoms with van der Waals surface area (Å²) in [5.41, 5.74) is -2.28. The fourth-order valence-electron chi connectivity index (χ4n) is 5.41. The highest BCUT2D eigenvalue weighted by Gasteiger charge is 2.16. The van der Waals surface area contributed by atoms with Gasteiger partial charge in [0.05, 0.1) is 49.5 Å². The Morgan fingerprint density at radius 2 is 0.795 bits per heavy atom. The highest BCUT2D eigenvalue weighted by molar-refractivity contribution is 6.12. The maximum absolute atomic E-state index is 9.72. The van der Waals surface area contributed by atoms with Gasteiger partial charge in [-0.15, -0.1) is 0 Å². The highest BCUT2D eigenvalue weighted by atomic mass is 15.0. The van der Waals surface area contributed by atoms with Crippen LogP contribution in [0.15, 0.2) is 169 Å². The van der Waals surface area contributed by atoms with Crippen molar-refractivity contribution >= 4 is 43.6 Å². The molecule has 0 bridgehead atoms. The maximum Gasteiger partial charge on any atom is 0.0645 e. The molecule has 0 spiro atoms. The average Bonchev–Trinajstić information content (AvgIpc) is 3.78. The molecule has 0 aliphatic heterocycles. The molecular formula is C42H28N2. The number of hydrogen-bond acceptors (Lipinski definition) is 0. The first-order valence-electron chi connectivity index (χ1n) is 23.5. The lowest BCUT2D eigenvalue weighted by molar-refractivity contribution is 1.18. The highest BCUT2D eigenvalue weighted by Crippen LogP contribution is 2.38. The Morgan fingerprint density at radius 3 is 1.36 bits per heavy atom. The number of nitrogens with zero attached hydrogens (tertiary/aromatic N) is 2. The van der Waals surface area contributed by atoms with E-state index in [4.69, 9.17) is 19.2 Å². The van der Waals surface area contributed by atoms with Gasteiger partial charge in [-0.1, -0.05) is 109 Å². The first kappa shape index (κ1) is 12.0. The lowest BCUT2D eigenvalue weighted by Crippen LogP contribution is -1.93. The predicted octanol–water partition coefficient (Wildman–Crippen LogP) is 11.2. The minimum atomic E-state index is -0.825. The number of rotatable bonds is 4. The minimum absolute atomic E-state index is 0.220. The molecule has 0 unspecified atom stereocenters. The molecule has 206 valence electrons. The van der Waals surface area contributed by atoms with E-state index in [9.17, 15) is 8.22 Å². The molecule has 9 aromatic rings. The Bertz CT molecular complexity index is 3560. The lowest BCUT2D eigenvalue weighted by atomic mass is 10.0. The monoisotopic (exact) mass is 580 g/mol. The van der Waals surface area contributed by atoms with Crippen molar-refractivity contribution in [3.8, 4) is 33.6 Å². The fourth-order valence-corrected chi connectivity index (χ4v) is 5.41. The predicted molar refractivity (Wildman–Crippen MR) is 186 cm³/mol. The summed E-state index contributed by atoms with van der Waals surface area (Å²) >= 11 is 0. The van der Waals surface area contributed by atoms with Crippen molar-refractivity contribution in [2.75, 3.05) is 0 Å². The number of hydrogen-bond donors (Lipinski definition) is 0. The van der Waals surface area contributed by atoms with Crippen LogP contribution in [0.25, 0.3) is 77.2 Å². The van der Waals surface area contributed by atoms with Crippen LogP contribution in [0.1, 0.15) is 27.4 Å². The molecule has 0 amide bonds. The van der Waals surface area contributed by atoms with Gasteiger partial charge in [-0.25, -0.2) is 0 Å². The van der Waals surface area contributed by atoms with Crippen LogP contribution in [-0.2, 0) is 0 Å². The van der Waals surface area contributed by atoms with Crippen LogP contribution in [0.2, 0.25) is 0 Å². The van der Waals surface area contributed by atoms with Gasteiger partial charge < -0.3 is 9.13 Å². The maximum atomic E-state index is 9.72. The Labute approximate surface area is 283 Å². The van der Waals surface area contributed by atoms with Gasteiger partial charge in [0.15, 0.2) is 0 Å². The molecule has 44 heavy (non-hydrogen) atoms. The molecule has 2 aromatic heterocycles. The topological polar surface area (TPSA) is 9.86 Å². The molecule has 2 nitrogen and oxygen atoms in total. The van der Waals surface area contributed by atoms with Gasteiger partial charge in [-0.2, -0.15) is 0 Å². The Balaban J connectivity index is 1.46. The molecule has 9 rings (SSSR count). The van der Waals surface area contributed by atoms with E-state index in [1.165, 1.54) is 24.3 Å². The molecule has 0 saturated heterocycles. The minimum Gasteiger partial charge on any atom is -0.309 e. The van der Waals surface area contributed by atoms with Crippen molar-refractivity contribution in [1.29, 1.82) is 0 Å². The molecule has 0 N–H and O–H groups in total. The van der Waals surface area contributed by atoms with Gasteiger partial charge in [0.2, 0.25) is 0 Å². The van der Waals surface area contributed by atoms with E-state index in [1.54, 1.807) is 12.1 Å². The van der Waals surface area contributed by atoms with E-state index in [2.05, 4.69) is 0 Å². The molecule has 0 aliphatic carbocycles. The molecule has 0 fully saturated rings. The summed E-state index contributed by atoms with van der Waals surface area (Å²) in [6.07, 6.45) is 0. The van der Waals surface area contributed by atoms with Crippen LogP contribution in [0.3, 0.4) is 0 Å². The van der Waals surface area contributed by atoms with Gasteiger partial charge in [-0.3, -0.25) is 0 Å². The van der Waals surface area contributed by atoms with Gasteiger partial charge in [0.25, 0.3) is 0 Å². The quantitative estimate of drug-likeness (QED) is 0.196. The van der Waals surface area contributed by atoms with E-state index in [-0.39, 0.29) is 79.2 Å². The molecule has 2 heterocycles. The van der Waals surface area contributed by atoms with E-state index in [0.717, 1.165) is 21.3 Å². The lowest BCUT2D eigenvalue weighted by Gasteiger charge is -2.10. The molecule has 0 aliphatic rings. The summed E-state index contributed by atoms with van der Waals surface area (Å²) in [6, 6.07) is -0.525. The van der Waals surface area contributed by atoms with E-state index in [0.29, 0.717) is 11.1 Å². The van der Waals surface area contributed by atoms with Crippen molar-refractivity contribution in [2.45, 2.75) is 0 Å². The van der Waals surface area contributed by atoms with Crippen molar-refractivity contribution in [1.82, 2.24) is 9.13 Å². The van der Waals surface area contributed by atoms with Crippen LogP contribution in [0.4, 0.5) is 0 Å². The average molecular weight is 581 g/mol. The van der Waals surface area contributed by atoms with Crippen molar-refractivity contribution in [2.24, 2.45) is 0 Å². The second kappa shape index (κ2) is 9.86. The van der Waals surface area contributed by atoms with Crippen molar-refractivity contribution < 1.29 is 27.4 Å². The summed E-state index contributed by atoms with van der Waals surface area (Å²) < 4.78 is 181. The van der Waals surface area contributed by atoms with Gasteiger partial charge >= 0.3 is 0 Å². The fraction of sp³-hybridized carbons (Fsp3) is 0. The van der Waals surface area contributed by atoms with Crippen LogP contribution in [-0.4, -0.2) is 9.13 Å². The zero-order valence-electron chi connectivity index (χ0n) is 42.5. The van der Waals surface area contributed by atoms with Crippen LogP contribution >= 0.6 is 0 Å². The zero-order valence-corrected chi connectivity index (χ0v) is 22.5. The number of aromatic nitrogens is 2. The Hall–Kier alpha value is -5.86. The van der Waals surface area contributed by atoms with Gasteiger partial charge in [-0.05, 0) is 82.7 Å². The zero-order chi connectivity index (χ0) is 46.4. The third-order valence-electron chi connectivity index (χ3n) is 7.38. The van der Waals surface area contributed by atoms with Crippen molar-refractivity contribution in [3.63, 3.8) is 0 Å². The van der Waals surface area contributed by atoms with Gasteiger partial charge in [0, 0.05) is 32.9 Å². The first-order valence-corrected chi connectivity index (χ1v) is 13.5. The number of para-hydroxylation sites is 3. The Morgan fingerprint density at radius 1 is 0.341 bits per heavy atom. The van der Waals surface area contributed by atoms with E-state index in [1.807, 2.05) is 0 Å². The Kier molecular flexibility index (Phi) is 2.70.